The largest absolute Gasteiger partial charge is 0.496 e. The van der Waals surface area contributed by atoms with E-state index in [1.807, 2.05) is 80.6 Å². The summed E-state index contributed by atoms with van der Waals surface area (Å²) < 4.78 is 41.1. The molecule has 0 bridgehead atoms. The number of aliphatic hydroxyl groups excluding tert-OH is 2. The Bertz CT molecular complexity index is 3870. The predicted molar refractivity (Wildman–Crippen MR) is 342 cm³/mol. The van der Waals surface area contributed by atoms with Crippen molar-refractivity contribution >= 4 is 51.7 Å². The van der Waals surface area contributed by atoms with Crippen LogP contribution in [0.2, 0.25) is 0 Å². The average molecular weight is 1160 g/mol. The molecule has 1 aliphatic heterocycles. The minimum absolute atomic E-state index is 0. The van der Waals surface area contributed by atoms with Gasteiger partial charge >= 0.3 is 0 Å². The van der Waals surface area contributed by atoms with Crippen LogP contribution in [0.3, 0.4) is 0 Å². The van der Waals surface area contributed by atoms with Gasteiger partial charge in [0.1, 0.15) is 34.3 Å². The maximum atomic E-state index is 15.5. The first-order chi connectivity index (χ1) is 41.3. The average Bonchev–Trinajstić information content (AvgIpc) is 1.67. The summed E-state index contributed by atoms with van der Waals surface area (Å²) in [5.41, 5.74) is 22.7. The Morgan fingerprint density at radius 2 is 1.14 bits per heavy atom. The van der Waals surface area contributed by atoms with E-state index in [-0.39, 0.29) is 48.8 Å². The third kappa shape index (κ3) is 13.3. The van der Waals surface area contributed by atoms with Crippen molar-refractivity contribution in [2.45, 2.75) is 104 Å². The van der Waals surface area contributed by atoms with Crippen LogP contribution in [0, 0.1) is 39.3 Å². The van der Waals surface area contributed by atoms with E-state index in [0.717, 1.165) is 147 Å². The molecule has 86 heavy (non-hydrogen) atoms. The van der Waals surface area contributed by atoms with Gasteiger partial charge in [0.25, 0.3) is 0 Å². The van der Waals surface area contributed by atoms with Gasteiger partial charge in [0.2, 0.25) is 0 Å². The van der Waals surface area contributed by atoms with Crippen molar-refractivity contribution in [2.75, 3.05) is 48.6 Å². The van der Waals surface area contributed by atoms with Crippen LogP contribution in [-0.2, 0) is 6.54 Å². The van der Waals surface area contributed by atoms with Crippen molar-refractivity contribution in [1.29, 1.82) is 0 Å². The fraction of sp³-hybridized carbons (Fsp3) is 0.290. The van der Waals surface area contributed by atoms with Crippen LogP contribution in [0.15, 0.2) is 134 Å². The molecule has 0 radical (unpaired) electrons. The monoisotopic (exact) mass is 1160 g/mol. The Hall–Kier alpha value is -8.87. The van der Waals surface area contributed by atoms with E-state index >= 15 is 4.39 Å². The van der Waals surface area contributed by atoms with Gasteiger partial charge in [-0.1, -0.05) is 68.1 Å². The lowest BCUT2D eigenvalue weighted by Crippen LogP contribution is -2.35. The lowest BCUT2D eigenvalue weighted by Gasteiger charge is -2.23. The minimum atomic E-state index is -0.614. The molecule has 12 rings (SSSR count). The summed E-state index contributed by atoms with van der Waals surface area (Å²) in [5, 5.41) is 36.2. The number of nitrogens with zero attached hydrogens (tertiary/aromatic N) is 4. The number of carbonyl (C=O) groups is 1. The first-order valence-electron chi connectivity index (χ1n) is 28.8. The Labute approximate surface area is 501 Å². The van der Waals surface area contributed by atoms with Crippen LogP contribution in [-0.4, -0.2) is 88.0 Å². The number of hydrogen-bond acceptors (Lipinski definition) is 15. The summed E-state index contributed by atoms with van der Waals surface area (Å²) in [5.74, 6) is 1.18. The lowest BCUT2D eigenvalue weighted by molar-refractivity contribution is 0.111. The number of rotatable bonds is 14. The molecule has 6 aromatic carbocycles. The van der Waals surface area contributed by atoms with E-state index in [1.165, 1.54) is 13.2 Å². The molecule has 17 heteroatoms. The Balaban J connectivity index is 0.000000184. The van der Waals surface area contributed by atoms with E-state index in [4.69, 9.17) is 20.3 Å². The lowest BCUT2D eigenvalue weighted by atomic mass is 9.90. The van der Waals surface area contributed by atoms with Crippen LogP contribution < -0.4 is 41.8 Å². The van der Waals surface area contributed by atoms with Crippen molar-refractivity contribution < 1.29 is 33.3 Å². The smallest absolute Gasteiger partial charge is 0.158 e. The van der Waals surface area contributed by atoms with Crippen LogP contribution in [0.5, 0.6) is 11.5 Å². The summed E-state index contributed by atoms with van der Waals surface area (Å²) in [6, 6.07) is 34.7. The molecule has 2 saturated carbocycles. The van der Waals surface area contributed by atoms with Crippen LogP contribution in [0.4, 0.5) is 43.2 Å². The van der Waals surface area contributed by atoms with Gasteiger partial charge in [0.05, 0.1) is 43.2 Å². The summed E-state index contributed by atoms with van der Waals surface area (Å²) in [4.78, 5) is 29.1. The second-order valence-corrected chi connectivity index (χ2v) is 21.7. The number of ether oxygens (including phenoxy) is 2. The molecule has 2 aliphatic carbocycles. The van der Waals surface area contributed by atoms with Gasteiger partial charge in [-0.3, -0.25) is 9.78 Å². The predicted octanol–water partition coefficient (Wildman–Crippen LogP) is 13.9. The van der Waals surface area contributed by atoms with Crippen molar-refractivity contribution in [1.82, 2.24) is 25.3 Å². The Kier molecular flexibility index (Phi) is 20.0. The molecule has 4 atom stereocenters. The highest BCUT2D eigenvalue weighted by Gasteiger charge is 2.26. The number of pyridine rings is 2. The summed E-state index contributed by atoms with van der Waals surface area (Å²) in [7, 11) is 3.00. The maximum absolute atomic E-state index is 15.5. The Morgan fingerprint density at radius 3 is 1.72 bits per heavy atom. The van der Waals surface area contributed by atoms with Crippen molar-refractivity contribution in [3.05, 3.63) is 179 Å². The second-order valence-electron chi connectivity index (χ2n) is 21.7. The number of fused-ring (bicyclic) bond motifs is 2. The third-order valence-electron chi connectivity index (χ3n) is 16.5. The topological polar surface area (TPSA) is 214 Å². The molecule has 4 heterocycles. The first-order valence-corrected chi connectivity index (χ1v) is 28.8. The van der Waals surface area contributed by atoms with Gasteiger partial charge in [-0.25, -0.2) is 23.7 Å². The van der Waals surface area contributed by atoms with E-state index in [0.29, 0.717) is 41.0 Å². The molecule has 2 fully saturated rings. The molecule has 0 unspecified atom stereocenters. The number of hydrogen-bond donors (Lipinski definition) is 8. The van der Waals surface area contributed by atoms with Crippen LogP contribution in [0.1, 0.15) is 84.1 Å². The zero-order valence-electron chi connectivity index (χ0n) is 48.7. The highest BCUT2D eigenvalue weighted by atomic mass is 19.1. The number of anilines is 6. The fourth-order valence-corrected chi connectivity index (χ4v) is 11.6. The quantitative estimate of drug-likeness (QED) is 0.0476. The minimum Gasteiger partial charge on any atom is -0.496 e. The third-order valence-corrected chi connectivity index (χ3v) is 16.5. The van der Waals surface area contributed by atoms with Gasteiger partial charge in [-0.05, 0) is 182 Å². The molecule has 0 saturated heterocycles. The number of aldehydes is 1. The van der Waals surface area contributed by atoms with Gasteiger partial charge in [-0.2, -0.15) is 0 Å². The highest BCUT2D eigenvalue weighted by Crippen LogP contribution is 2.41. The fourth-order valence-electron chi connectivity index (χ4n) is 11.6. The maximum Gasteiger partial charge on any atom is 0.158 e. The van der Waals surface area contributed by atoms with Crippen molar-refractivity contribution in [3.8, 4) is 56.0 Å². The van der Waals surface area contributed by atoms with E-state index in [2.05, 4.69) is 84.6 Å². The standard InChI is InChI=1S/C34H38FN5O2.C29H23FN4O2.C5H11NO.CH4/c1-20-23(22-17-27(35)26(32(18-22)42-3)19-39-29-11-6-12-31(29)41)7-4-8-24(20)25-9-5-10-28(21(25)2)40-34-33-30(13-14-38-34)36-15-16-37-33;1-17-20(19-14-24(30)23(16-35)27(15-19)36-3)6-4-7-21(17)22-8-5-9-25(18(22)2)34-29-28-26(10-11-33-29)31-12-13-32-28;6-4-2-1-3-5(4)7;/h4-5,7-10,13-14,17-18,29,31,36-37,39,41H,6,11-12,15-16,19H2,1-3H3,(H,38,40);4-16H,1-3H3,(H,33,34);4-5,7H,1-3,6H2;1H4/t29-,31+;;4-,5+;/m1.1./s1. The molecule has 0 amide bonds. The van der Waals surface area contributed by atoms with E-state index in [1.54, 1.807) is 44.0 Å². The second kappa shape index (κ2) is 27.9. The molecule has 15 nitrogen and oxygen atoms in total. The summed E-state index contributed by atoms with van der Waals surface area (Å²) in [6.07, 6.45) is 12.3. The van der Waals surface area contributed by atoms with Crippen molar-refractivity contribution in [3.63, 3.8) is 0 Å². The number of benzene rings is 6. The molecule has 446 valence electrons. The first kappa shape index (κ1) is 61.7. The number of carbonyl (C=O) groups excluding carboxylic acids is 1. The van der Waals surface area contributed by atoms with E-state index < -0.39 is 5.82 Å². The molecule has 9 aromatic rings. The molecule has 3 aliphatic rings. The zero-order valence-corrected chi connectivity index (χ0v) is 48.7. The molecular formula is C69H76F2N10O5. The normalized spacial score (nSPS) is 16.6. The van der Waals surface area contributed by atoms with Gasteiger partial charge in [-0.15, -0.1) is 0 Å². The number of aliphatic hydroxyl groups is 2. The number of halogens is 2. The van der Waals surface area contributed by atoms with Gasteiger partial charge in [0, 0.05) is 73.4 Å². The van der Waals surface area contributed by atoms with E-state index in [9.17, 15) is 14.3 Å². The summed E-state index contributed by atoms with van der Waals surface area (Å²) >= 11 is 0. The molecular weight excluding hydrogens is 1090 g/mol. The summed E-state index contributed by atoms with van der Waals surface area (Å²) in [6.45, 7) is 10.3. The number of aromatic nitrogens is 4. The Morgan fingerprint density at radius 1 is 0.605 bits per heavy atom. The zero-order chi connectivity index (χ0) is 59.7. The highest BCUT2D eigenvalue weighted by molar-refractivity contribution is 5.91. The number of nitrogens with one attached hydrogen (secondary N) is 5. The van der Waals surface area contributed by atoms with Crippen LogP contribution >= 0.6 is 0 Å². The molecule has 3 aromatic heterocycles. The van der Waals surface area contributed by atoms with Gasteiger partial charge < -0.3 is 52.0 Å². The molecule has 9 N–H and O–H groups in total. The number of methoxy groups -OCH3 is 2. The molecule has 0 spiro atoms. The number of nitrogens with two attached hydrogens (primary N) is 1. The van der Waals surface area contributed by atoms with Gasteiger partial charge in [0.15, 0.2) is 17.9 Å². The SMILES string of the molecule is C.COc1cc(-c2cccc(-c3cccc(Nc4nccc5c4NCCN5)c3C)c2C)cc(F)c1CN[C@@H]1CCC[C@@H]1O.COc1cc(-c2cccc(-c3cccc(Nc4nccc5nccnc45)c3C)c2C)cc(F)c1C=O.N[C@@H]1CCC[C@@H]1O. The van der Waals surface area contributed by atoms with Crippen molar-refractivity contribution in [2.24, 2.45) is 5.73 Å². The van der Waals surface area contributed by atoms with Crippen LogP contribution in [0.25, 0.3) is 55.5 Å².